The van der Waals surface area contributed by atoms with Crippen LogP contribution < -0.4 is 4.90 Å². The van der Waals surface area contributed by atoms with Gasteiger partial charge in [-0.05, 0) is 36.6 Å². The molecule has 5 heteroatoms. The molecule has 1 aromatic heterocycles. The second kappa shape index (κ2) is 6.19. The third-order valence-electron chi connectivity index (χ3n) is 4.73. The summed E-state index contributed by atoms with van der Waals surface area (Å²) in [6, 6.07) is 19.4. The van der Waals surface area contributed by atoms with Gasteiger partial charge in [-0.15, -0.1) is 0 Å². The Bertz CT molecular complexity index is 1030. The minimum Gasteiger partial charge on any atom is -0.335 e. The second-order valence-corrected chi connectivity index (χ2v) is 6.19. The first kappa shape index (κ1) is 16.1. The Morgan fingerprint density at radius 3 is 2.31 bits per heavy atom. The number of hydrogen-bond donors (Lipinski definition) is 0. The van der Waals surface area contributed by atoms with Crippen LogP contribution in [0.25, 0.3) is 16.6 Å². The molecular formula is C21H19N3O2. The molecule has 4 rings (SSSR count). The molecule has 5 nitrogen and oxygen atoms in total. The largest absolute Gasteiger partial charge is 0.335 e. The molecule has 1 aliphatic heterocycles. The predicted molar refractivity (Wildman–Crippen MR) is 102 cm³/mol. The van der Waals surface area contributed by atoms with Crippen LogP contribution in [-0.4, -0.2) is 34.9 Å². The number of benzene rings is 2. The zero-order valence-electron chi connectivity index (χ0n) is 14.7. The maximum absolute atomic E-state index is 12.9. The topological polar surface area (TPSA) is 45.6 Å². The number of amides is 2. The molecule has 0 bridgehead atoms. The third kappa shape index (κ3) is 2.32. The first-order valence-corrected chi connectivity index (χ1v) is 8.59. The first-order valence-electron chi connectivity index (χ1n) is 8.59. The summed E-state index contributed by atoms with van der Waals surface area (Å²) in [5.74, 6) is -0.575. The minimum absolute atomic E-state index is 0.284. The molecule has 0 aliphatic carbocycles. The monoisotopic (exact) mass is 345 g/mol. The molecule has 0 atom stereocenters. The number of carbonyl (C=O) groups is 2. The average molecular weight is 345 g/mol. The number of imide groups is 1. The standard InChI is InChI=1S/C21H19N3O2/c1-3-23(16-10-5-4-6-11-16)18-19(21(26)22(2)20(18)25)24-14-13-15-9-7-8-12-17(15)24/h4-14H,3H2,1-2H3. The van der Waals surface area contributed by atoms with Crippen molar-refractivity contribution >= 4 is 34.1 Å². The van der Waals surface area contributed by atoms with Crippen LogP contribution in [-0.2, 0) is 9.59 Å². The van der Waals surface area contributed by atoms with E-state index in [9.17, 15) is 9.59 Å². The lowest BCUT2D eigenvalue weighted by molar-refractivity contribution is -0.135. The van der Waals surface area contributed by atoms with Gasteiger partial charge in [-0.25, -0.2) is 0 Å². The van der Waals surface area contributed by atoms with Crippen LogP contribution in [0.3, 0.4) is 0 Å². The highest BCUT2D eigenvalue weighted by molar-refractivity contribution is 6.33. The van der Waals surface area contributed by atoms with E-state index in [1.807, 2.05) is 83.3 Å². The lowest BCUT2D eigenvalue weighted by Crippen LogP contribution is -2.32. The van der Waals surface area contributed by atoms with Crippen molar-refractivity contribution in [2.24, 2.45) is 0 Å². The van der Waals surface area contributed by atoms with Gasteiger partial charge in [-0.3, -0.25) is 14.5 Å². The van der Waals surface area contributed by atoms with Crippen molar-refractivity contribution in [2.75, 3.05) is 18.5 Å². The van der Waals surface area contributed by atoms with Crippen molar-refractivity contribution in [1.29, 1.82) is 0 Å². The van der Waals surface area contributed by atoms with Crippen LogP contribution in [0.5, 0.6) is 0 Å². The molecule has 0 saturated heterocycles. The molecule has 2 aromatic carbocycles. The number of para-hydroxylation sites is 2. The average Bonchev–Trinajstić information content (AvgIpc) is 3.19. The van der Waals surface area contributed by atoms with Crippen molar-refractivity contribution in [3.05, 3.63) is 72.6 Å². The summed E-state index contributed by atoms with van der Waals surface area (Å²) in [5, 5.41) is 1.02. The van der Waals surface area contributed by atoms with Crippen LogP contribution in [0.4, 0.5) is 5.69 Å². The van der Waals surface area contributed by atoms with Crippen molar-refractivity contribution in [3.8, 4) is 0 Å². The smallest absolute Gasteiger partial charge is 0.279 e. The van der Waals surface area contributed by atoms with Gasteiger partial charge in [-0.1, -0.05) is 36.4 Å². The lowest BCUT2D eigenvalue weighted by Gasteiger charge is -2.24. The number of anilines is 1. The van der Waals surface area contributed by atoms with E-state index < -0.39 is 0 Å². The van der Waals surface area contributed by atoms with Gasteiger partial charge < -0.3 is 9.47 Å². The van der Waals surface area contributed by atoms with Gasteiger partial charge in [0.15, 0.2) is 0 Å². The Kier molecular flexibility index (Phi) is 3.84. The lowest BCUT2D eigenvalue weighted by atomic mass is 10.2. The first-order chi connectivity index (χ1) is 12.6. The van der Waals surface area contributed by atoms with E-state index in [2.05, 4.69) is 0 Å². The molecule has 0 N–H and O–H groups in total. The zero-order chi connectivity index (χ0) is 18.3. The van der Waals surface area contributed by atoms with Crippen molar-refractivity contribution in [3.63, 3.8) is 0 Å². The van der Waals surface area contributed by atoms with Gasteiger partial charge >= 0.3 is 0 Å². The second-order valence-electron chi connectivity index (χ2n) is 6.19. The molecule has 0 unspecified atom stereocenters. The van der Waals surface area contributed by atoms with Gasteiger partial charge in [0.2, 0.25) is 0 Å². The Morgan fingerprint density at radius 1 is 0.885 bits per heavy atom. The van der Waals surface area contributed by atoms with Crippen LogP contribution >= 0.6 is 0 Å². The maximum Gasteiger partial charge on any atom is 0.279 e. The van der Waals surface area contributed by atoms with E-state index in [-0.39, 0.29) is 11.8 Å². The quantitative estimate of drug-likeness (QED) is 0.681. The van der Waals surface area contributed by atoms with E-state index in [4.69, 9.17) is 0 Å². The molecule has 1 aliphatic rings. The SMILES string of the molecule is CCN(C1=C(n2ccc3ccccc32)C(=O)N(C)C1=O)c1ccccc1. The number of nitrogens with zero attached hydrogens (tertiary/aromatic N) is 3. The van der Waals surface area contributed by atoms with E-state index in [0.29, 0.717) is 17.9 Å². The Morgan fingerprint density at radius 2 is 1.58 bits per heavy atom. The van der Waals surface area contributed by atoms with Gasteiger partial charge in [0, 0.05) is 25.5 Å². The van der Waals surface area contributed by atoms with Crippen LogP contribution in [0, 0.1) is 0 Å². The van der Waals surface area contributed by atoms with Crippen molar-refractivity contribution in [2.45, 2.75) is 6.92 Å². The summed E-state index contributed by atoms with van der Waals surface area (Å²) in [4.78, 5) is 28.9. The van der Waals surface area contributed by atoms with Crippen molar-refractivity contribution in [1.82, 2.24) is 9.47 Å². The van der Waals surface area contributed by atoms with E-state index in [0.717, 1.165) is 16.6 Å². The summed E-state index contributed by atoms with van der Waals surface area (Å²) >= 11 is 0. The van der Waals surface area contributed by atoms with Crippen LogP contribution in [0.1, 0.15) is 6.92 Å². The number of rotatable bonds is 4. The predicted octanol–water partition coefficient (Wildman–Crippen LogP) is 3.34. The fourth-order valence-electron chi connectivity index (χ4n) is 3.43. The molecule has 130 valence electrons. The highest BCUT2D eigenvalue weighted by Gasteiger charge is 2.40. The Balaban J connectivity index is 1.98. The number of fused-ring (bicyclic) bond motifs is 1. The Hall–Kier alpha value is -3.34. The van der Waals surface area contributed by atoms with Gasteiger partial charge in [0.25, 0.3) is 11.8 Å². The highest BCUT2D eigenvalue weighted by Crippen LogP contribution is 2.32. The van der Waals surface area contributed by atoms with Crippen LogP contribution in [0.15, 0.2) is 72.6 Å². The summed E-state index contributed by atoms with van der Waals surface area (Å²) in [5.41, 5.74) is 2.59. The number of hydrogen-bond acceptors (Lipinski definition) is 3. The normalized spacial score (nSPS) is 14.6. The maximum atomic E-state index is 12.9. The summed E-state index contributed by atoms with van der Waals surface area (Å²) in [6.07, 6.45) is 1.85. The van der Waals surface area contributed by atoms with E-state index in [1.165, 1.54) is 11.9 Å². The molecule has 0 radical (unpaired) electrons. The van der Waals surface area contributed by atoms with Gasteiger partial charge in [-0.2, -0.15) is 0 Å². The molecule has 0 spiro atoms. The van der Waals surface area contributed by atoms with Gasteiger partial charge in [0.1, 0.15) is 11.4 Å². The molecular weight excluding hydrogens is 326 g/mol. The molecule has 2 amide bonds. The number of likely N-dealkylation sites (N-methyl/N-ethyl adjacent to an activating group) is 2. The van der Waals surface area contributed by atoms with Crippen LogP contribution in [0.2, 0.25) is 0 Å². The summed E-state index contributed by atoms with van der Waals surface area (Å²) in [7, 11) is 1.53. The zero-order valence-corrected chi connectivity index (χ0v) is 14.7. The van der Waals surface area contributed by atoms with E-state index >= 15 is 0 Å². The fourth-order valence-corrected chi connectivity index (χ4v) is 3.43. The summed E-state index contributed by atoms with van der Waals surface area (Å²) in [6.45, 7) is 2.55. The number of aromatic nitrogens is 1. The molecule has 2 heterocycles. The fraction of sp³-hybridized carbons (Fsp3) is 0.143. The van der Waals surface area contributed by atoms with Crippen molar-refractivity contribution < 1.29 is 9.59 Å². The molecule has 3 aromatic rings. The molecule has 0 fully saturated rings. The Labute approximate surface area is 151 Å². The highest BCUT2D eigenvalue weighted by atomic mass is 16.2. The molecule has 0 saturated carbocycles. The van der Waals surface area contributed by atoms with E-state index in [1.54, 1.807) is 0 Å². The third-order valence-corrected chi connectivity index (χ3v) is 4.73. The minimum atomic E-state index is -0.291. The number of carbonyl (C=O) groups excluding carboxylic acids is 2. The van der Waals surface area contributed by atoms with Gasteiger partial charge in [0.05, 0.1) is 5.52 Å². The summed E-state index contributed by atoms with van der Waals surface area (Å²) < 4.78 is 1.82. The molecule has 26 heavy (non-hydrogen) atoms.